The number of Topliss-reactive ketones (excluding diaryl/α,β-unsaturated/α-hetero) is 1. The zero-order chi connectivity index (χ0) is 47.0. The second-order valence-corrected chi connectivity index (χ2v) is 17.9. The Morgan fingerprint density at radius 1 is 0.621 bits per heavy atom. The molecule has 0 aromatic heterocycles. The van der Waals surface area contributed by atoms with Crippen LogP contribution in [-0.4, -0.2) is 126 Å². The van der Waals surface area contributed by atoms with Crippen molar-refractivity contribution in [2.24, 2.45) is 5.92 Å². The minimum absolute atomic E-state index is 0.00885. The molecule has 4 aromatic rings. The van der Waals surface area contributed by atoms with Crippen molar-refractivity contribution in [2.75, 3.05) is 52.9 Å². The molecule has 2 saturated heterocycles. The van der Waals surface area contributed by atoms with Gasteiger partial charge in [-0.2, -0.15) is 0 Å². The first kappa shape index (κ1) is 49.3. The predicted molar refractivity (Wildman–Crippen MR) is 259 cm³/mol. The number of nitrogens with one attached hydrogen (secondary N) is 2. The van der Waals surface area contributed by atoms with Gasteiger partial charge in [-0.1, -0.05) is 98.8 Å². The molecule has 12 heteroatoms. The van der Waals surface area contributed by atoms with Gasteiger partial charge in [0, 0.05) is 81.2 Å². The molecule has 5 amide bonds. The number of amides is 5. The fraction of sp³-hybridized carbons (Fsp3) is 0.444. The van der Waals surface area contributed by atoms with E-state index in [1.807, 2.05) is 118 Å². The quantitative estimate of drug-likeness (QED) is 0.0883. The van der Waals surface area contributed by atoms with Crippen LogP contribution in [0.15, 0.2) is 109 Å². The van der Waals surface area contributed by atoms with Gasteiger partial charge in [0.1, 0.15) is 5.78 Å². The number of likely N-dealkylation sites (tertiary alicyclic amines) is 2. The maximum absolute atomic E-state index is 14.3. The van der Waals surface area contributed by atoms with Crippen LogP contribution in [0, 0.1) is 5.92 Å². The molecule has 66 heavy (non-hydrogen) atoms. The number of nitrogens with zero attached hydrogens (tertiary/aromatic N) is 4. The third kappa shape index (κ3) is 13.5. The zero-order valence-corrected chi connectivity index (χ0v) is 39.3. The van der Waals surface area contributed by atoms with Crippen LogP contribution >= 0.6 is 0 Å². The summed E-state index contributed by atoms with van der Waals surface area (Å²) >= 11 is 0. The summed E-state index contributed by atoms with van der Waals surface area (Å²) in [4.78, 5) is 87.6. The van der Waals surface area contributed by atoms with Gasteiger partial charge in [-0.3, -0.25) is 28.8 Å². The van der Waals surface area contributed by atoms with Crippen LogP contribution in [0.5, 0.6) is 0 Å². The molecule has 0 unspecified atom stereocenters. The molecule has 2 aliphatic heterocycles. The molecule has 2 N–H and O–H groups in total. The lowest BCUT2D eigenvalue weighted by Gasteiger charge is -2.31. The second kappa shape index (κ2) is 24.4. The van der Waals surface area contributed by atoms with E-state index in [1.54, 1.807) is 14.0 Å². The zero-order valence-electron chi connectivity index (χ0n) is 39.3. The Labute approximate surface area is 391 Å². The standard InChI is InChI=1S/C54H68N6O6/c1-5-39(2)52(64)56-36-51(63)60-33-13-19-48(60)38-58(35-31-42-16-10-7-11-17-42)54(66)46-26-22-44(23-27-46)43-20-24-45(25-21-43)53(65)57(34-30-41-14-8-6-9-15-41)37-47-18-12-32-59(47)50(62)29-28-49(61)40(3)55-4/h6-11,14-17,20-27,39-40,47-48,55H,5,12-13,18-19,28-38H2,1-4H3,(H,56,64)/t39-,40+,47+,48+/m1/s1. The first-order chi connectivity index (χ1) is 31.9. The minimum atomic E-state index is -0.304. The summed E-state index contributed by atoms with van der Waals surface area (Å²) in [5.41, 5.74) is 5.14. The topological polar surface area (TPSA) is 139 Å². The Hall–Kier alpha value is -6.14. The fourth-order valence-electron chi connectivity index (χ4n) is 8.94. The SMILES string of the molecule is CC[C@@H](C)C(=O)NCC(=O)N1CCC[C@H]1CN(CCc1ccccc1)C(=O)c1ccc(-c2ccc(C(=O)N(CCc3ccccc3)C[C@@H]3CCCN3C(=O)CCC(=O)[C@H](C)NC)cc2)cc1. The monoisotopic (exact) mass is 897 g/mol. The summed E-state index contributed by atoms with van der Waals surface area (Å²) < 4.78 is 0. The van der Waals surface area contributed by atoms with E-state index in [9.17, 15) is 28.8 Å². The lowest BCUT2D eigenvalue weighted by Crippen LogP contribution is -2.48. The highest BCUT2D eigenvalue weighted by Gasteiger charge is 2.34. The van der Waals surface area contributed by atoms with Gasteiger partial charge >= 0.3 is 0 Å². The molecule has 0 bridgehead atoms. The van der Waals surface area contributed by atoms with Crippen molar-refractivity contribution in [3.63, 3.8) is 0 Å². The number of benzene rings is 4. The molecular formula is C54H68N6O6. The second-order valence-electron chi connectivity index (χ2n) is 17.9. The third-order valence-corrected chi connectivity index (χ3v) is 13.4. The first-order valence-electron chi connectivity index (χ1n) is 23.9. The van der Waals surface area contributed by atoms with Crippen molar-refractivity contribution in [2.45, 2.75) is 96.7 Å². The van der Waals surface area contributed by atoms with Gasteiger partial charge in [0.2, 0.25) is 17.7 Å². The molecule has 2 heterocycles. The van der Waals surface area contributed by atoms with Crippen molar-refractivity contribution >= 4 is 35.3 Å². The lowest BCUT2D eigenvalue weighted by atomic mass is 10.0. The Morgan fingerprint density at radius 2 is 1.08 bits per heavy atom. The molecule has 0 radical (unpaired) electrons. The number of likely N-dealkylation sites (N-methyl/N-ethyl adjacent to an activating group) is 1. The minimum Gasteiger partial charge on any atom is -0.347 e. The summed E-state index contributed by atoms with van der Waals surface area (Å²) in [5, 5.41) is 5.75. The van der Waals surface area contributed by atoms with E-state index in [4.69, 9.17) is 0 Å². The highest BCUT2D eigenvalue weighted by molar-refractivity contribution is 5.96. The van der Waals surface area contributed by atoms with Crippen molar-refractivity contribution in [3.8, 4) is 11.1 Å². The Morgan fingerprint density at radius 3 is 1.52 bits per heavy atom. The van der Waals surface area contributed by atoms with Crippen molar-refractivity contribution in [1.82, 2.24) is 30.2 Å². The van der Waals surface area contributed by atoms with E-state index in [0.29, 0.717) is 69.7 Å². The Kier molecular flexibility index (Phi) is 18.2. The van der Waals surface area contributed by atoms with Crippen LogP contribution in [0.25, 0.3) is 11.1 Å². The molecule has 2 fully saturated rings. The van der Waals surface area contributed by atoms with Gasteiger partial charge in [0.25, 0.3) is 11.8 Å². The smallest absolute Gasteiger partial charge is 0.253 e. The number of carbonyl (C=O) groups is 6. The van der Waals surface area contributed by atoms with Crippen LogP contribution in [0.4, 0.5) is 0 Å². The average Bonchev–Trinajstić information content (AvgIpc) is 4.04. The van der Waals surface area contributed by atoms with Crippen LogP contribution in [0.1, 0.15) is 97.6 Å². The van der Waals surface area contributed by atoms with E-state index in [2.05, 4.69) is 34.9 Å². The molecule has 6 rings (SSSR count). The van der Waals surface area contributed by atoms with Crippen molar-refractivity contribution in [1.29, 1.82) is 0 Å². The van der Waals surface area contributed by atoms with Gasteiger partial charge in [-0.15, -0.1) is 0 Å². The molecule has 12 nitrogen and oxygen atoms in total. The molecular weight excluding hydrogens is 829 g/mol. The molecule has 4 aromatic carbocycles. The van der Waals surface area contributed by atoms with Crippen LogP contribution in [0.2, 0.25) is 0 Å². The molecule has 2 aliphatic rings. The Bertz CT molecular complexity index is 2080. The van der Waals surface area contributed by atoms with E-state index in [0.717, 1.165) is 47.9 Å². The molecule has 350 valence electrons. The van der Waals surface area contributed by atoms with Crippen LogP contribution in [-0.2, 0) is 32.0 Å². The van der Waals surface area contributed by atoms with Gasteiger partial charge in [-0.05, 0) is 105 Å². The van der Waals surface area contributed by atoms with Crippen molar-refractivity contribution < 1.29 is 28.8 Å². The lowest BCUT2D eigenvalue weighted by molar-refractivity contribution is -0.134. The van der Waals surface area contributed by atoms with E-state index >= 15 is 0 Å². The summed E-state index contributed by atoms with van der Waals surface area (Å²) in [6, 6.07) is 34.6. The average molecular weight is 897 g/mol. The number of rotatable bonds is 22. The number of hydrogen-bond donors (Lipinski definition) is 2. The third-order valence-electron chi connectivity index (χ3n) is 13.4. The largest absolute Gasteiger partial charge is 0.347 e. The molecule has 4 atom stereocenters. The van der Waals surface area contributed by atoms with Gasteiger partial charge in [-0.25, -0.2) is 0 Å². The van der Waals surface area contributed by atoms with E-state index in [-0.39, 0.29) is 78.7 Å². The number of hydrogen-bond acceptors (Lipinski definition) is 7. The highest BCUT2D eigenvalue weighted by Crippen LogP contribution is 2.25. The molecule has 0 saturated carbocycles. The Balaban J connectivity index is 1.13. The summed E-state index contributed by atoms with van der Waals surface area (Å²) in [6.07, 6.45) is 5.64. The first-order valence-corrected chi connectivity index (χ1v) is 23.9. The van der Waals surface area contributed by atoms with Crippen LogP contribution in [0.3, 0.4) is 0 Å². The van der Waals surface area contributed by atoms with Gasteiger partial charge in [0.05, 0.1) is 12.6 Å². The predicted octanol–water partition coefficient (Wildman–Crippen LogP) is 6.82. The van der Waals surface area contributed by atoms with Gasteiger partial charge in [0.15, 0.2) is 0 Å². The van der Waals surface area contributed by atoms with Gasteiger partial charge < -0.3 is 30.2 Å². The number of ketones is 1. The maximum Gasteiger partial charge on any atom is 0.253 e. The van der Waals surface area contributed by atoms with Crippen molar-refractivity contribution in [3.05, 3.63) is 131 Å². The van der Waals surface area contributed by atoms with E-state index in [1.165, 1.54) is 0 Å². The fourth-order valence-corrected chi connectivity index (χ4v) is 8.94. The molecule has 0 spiro atoms. The maximum atomic E-state index is 14.3. The van der Waals surface area contributed by atoms with E-state index < -0.39 is 0 Å². The summed E-state index contributed by atoms with van der Waals surface area (Å²) in [7, 11) is 1.73. The highest BCUT2D eigenvalue weighted by atomic mass is 16.2. The normalized spacial score (nSPS) is 16.7. The molecule has 0 aliphatic carbocycles. The van der Waals surface area contributed by atoms with Crippen LogP contribution < -0.4 is 10.6 Å². The summed E-state index contributed by atoms with van der Waals surface area (Å²) in [6.45, 7) is 8.53. The number of carbonyl (C=O) groups excluding carboxylic acids is 6. The summed E-state index contributed by atoms with van der Waals surface area (Å²) in [5.74, 6) is -0.682.